The van der Waals surface area contributed by atoms with Crippen molar-refractivity contribution in [3.8, 4) is 0 Å². The fourth-order valence-corrected chi connectivity index (χ4v) is 3.34. The monoisotopic (exact) mass is 366 g/mol. The lowest BCUT2D eigenvalue weighted by Crippen LogP contribution is -2.27. The molecule has 0 aliphatic carbocycles. The van der Waals surface area contributed by atoms with E-state index in [2.05, 4.69) is 35.4 Å². The van der Waals surface area contributed by atoms with Crippen molar-refractivity contribution in [1.29, 1.82) is 0 Å². The first-order valence-electron chi connectivity index (χ1n) is 9.48. The predicted molar refractivity (Wildman–Crippen MR) is 108 cm³/mol. The number of benzene rings is 2. The first-order chi connectivity index (χ1) is 12.9. The number of fused-ring (bicyclic) bond motifs is 1. The van der Waals surface area contributed by atoms with Gasteiger partial charge in [0.05, 0.1) is 5.60 Å². The molecule has 0 radical (unpaired) electrons. The van der Waals surface area contributed by atoms with Crippen molar-refractivity contribution < 1.29 is 9.50 Å². The molecule has 0 fully saturated rings. The van der Waals surface area contributed by atoms with Gasteiger partial charge in [0, 0.05) is 30.4 Å². The highest BCUT2D eigenvalue weighted by Gasteiger charge is 2.22. The maximum Gasteiger partial charge on any atom is 0.123 e. The number of nitrogens with zero attached hydrogens (tertiary/aromatic N) is 1. The van der Waals surface area contributed by atoms with Gasteiger partial charge in [-0.15, -0.1) is 0 Å². The summed E-state index contributed by atoms with van der Waals surface area (Å²) in [7, 11) is 0. The Morgan fingerprint density at radius 3 is 2.67 bits per heavy atom. The Bertz CT molecular complexity index is 877. The third-order valence-corrected chi connectivity index (χ3v) is 5.13. The summed E-state index contributed by atoms with van der Waals surface area (Å²) < 4.78 is 13.1. The minimum atomic E-state index is -0.931. The SMILES string of the molecule is C[C@H](CCCC(C)(O)c1ccc(F)cc1)NCc1ccc2cnccc2c1. The maximum atomic E-state index is 13.1. The highest BCUT2D eigenvalue weighted by atomic mass is 19.1. The number of hydrogen-bond donors (Lipinski definition) is 2. The van der Waals surface area contributed by atoms with Gasteiger partial charge in [-0.05, 0) is 73.9 Å². The predicted octanol–water partition coefficient (Wildman–Crippen LogP) is 4.93. The van der Waals surface area contributed by atoms with Gasteiger partial charge in [0.15, 0.2) is 0 Å². The molecule has 2 atom stereocenters. The van der Waals surface area contributed by atoms with Crippen LogP contribution in [0.1, 0.15) is 44.2 Å². The van der Waals surface area contributed by atoms with E-state index >= 15 is 0 Å². The van der Waals surface area contributed by atoms with Crippen LogP contribution in [0.5, 0.6) is 0 Å². The van der Waals surface area contributed by atoms with Gasteiger partial charge in [0.2, 0.25) is 0 Å². The zero-order chi connectivity index (χ0) is 19.3. The number of rotatable bonds is 8. The van der Waals surface area contributed by atoms with Crippen LogP contribution in [-0.4, -0.2) is 16.1 Å². The lowest BCUT2D eigenvalue weighted by molar-refractivity contribution is 0.0443. The van der Waals surface area contributed by atoms with Crippen LogP contribution in [0, 0.1) is 5.82 Å². The lowest BCUT2D eigenvalue weighted by Gasteiger charge is -2.25. The van der Waals surface area contributed by atoms with E-state index in [0.29, 0.717) is 12.5 Å². The Kier molecular flexibility index (Phi) is 6.19. The molecule has 0 saturated heterocycles. The number of nitrogens with one attached hydrogen (secondary N) is 1. The number of aliphatic hydroxyl groups is 1. The summed E-state index contributed by atoms with van der Waals surface area (Å²) in [4.78, 5) is 4.14. The molecule has 0 bridgehead atoms. The third-order valence-electron chi connectivity index (χ3n) is 5.13. The Labute approximate surface area is 160 Å². The topological polar surface area (TPSA) is 45.1 Å². The molecule has 0 aliphatic heterocycles. The zero-order valence-corrected chi connectivity index (χ0v) is 16.0. The molecule has 142 valence electrons. The molecule has 3 nitrogen and oxygen atoms in total. The smallest absolute Gasteiger partial charge is 0.123 e. The van der Waals surface area contributed by atoms with Crippen LogP contribution >= 0.6 is 0 Å². The van der Waals surface area contributed by atoms with E-state index in [0.717, 1.165) is 30.3 Å². The quantitative estimate of drug-likeness (QED) is 0.594. The summed E-state index contributed by atoms with van der Waals surface area (Å²) in [5.41, 5.74) is 1.08. The molecule has 27 heavy (non-hydrogen) atoms. The molecule has 0 spiro atoms. The van der Waals surface area contributed by atoms with E-state index in [1.165, 1.54) is 23.1 Å². The minimum absolute atomic E-state index is 0.280. The van der Waals surface area contributed by atoms with Gasteiger partial charge in [-0.3, -0.25) is 4.98 Å². The van der Waals surface area contributed by atoms with E-state index in [9.17, 15) is 9.50 Å². The van der Waals surface area contributed by atoms with Crippen molar-refractivity contribution in [1.82, 2.24) is 10.3 Å². The van der Waals surface area contributed by atoms with E-state index in [-0.39, 0.29) is 5.82 Å². The Morgan fingerprint density at radius 1 is 1.11 bits per heavy atom. The van der Waals surface area contributed by atoms with E-state index in [1.807, 2.05) is 18.5 Å². The lowest BCUT2D eigenvalue weighted by atomic mass is 9.90. The molecule has 0 saturated carbocycles. The van der Waals surface area contributed by atoms with Crippen molar-refractivity contribution in [3.63, 3.8) is 0 Å². The molecule has 0 amide bonds. The van der Waals surface area contributed by atoms with Gasteiger partial charge in [-0.25, -0.2) is 4.39 Å². The van der Waals surface area contributed by atoms with Crippen LogP contribution in [0.25, 0.3) is 10.8 Å². The molecular weight excluding hydrogens is 339 g/mol. The number of hydrogen-bond acceptors (Lipinski definition) is 3. The number of halogens is 1. The molecule has 0 aliphatic rings. The van der Waals surface area contributed by atoms with E-state index in [4.69, 9.17) is 0 Å². The van der Waals surface area contributed by atoms with Gasteiger partial charge in [0.25, 0.3) is 0 Å². The molecule has 4 heteroatoms. The summed E-state index contributed by atoms with van der Waals surface area (Å²) >= 11 is 0. The van der Waals surface area contributed by atoms with Crippen LogP contribution in [0.15, 0.2) is 60.9 Å². The second-order valence-electron chi connectivity index (χ2n) is 7.51. The van der Waals surface area contributed by atoms with Crippen molar-refractivity contribution in [2.75, 3.05) is 0 Å². The molecular formula is C23H27FN2O. The maximum absolute atomic E-state index is 13.1. The van der Waals surface area contributed by atoms with Crippen molar-refractivity contribution in [2.24, 2.45) is 0 Å². The summed E-state index contributed by atoms with van der Waals surface area (Å²) in [6.45, 7) is 4.77. The molecule has 2 aromatic carbocycles. The van der Waals surface area contributed by atoms with Crippen molar-refractivity contribution in [2.45, 2.75) is 51.3 Å². The van der Waals surface area contributed by atoms with Crippen LogP contribution in [0.4, 0.5) is 4.39 Å². The summed E-state index contributed by atoms with van der Waals surface area (Å²) in [6, 6.07) is 14.9. The van der Waals surface area contributed by atoms with Gasteiger partial charge in [-0.1, -0.05) is 24.3 Å². The normalized spacial score (nSPS) is 14.8. The Balaban J connectivity index is 1.46. The zero-order valence-electron chi connectivity index (χ0n) is 16.0. The van der Waals surface area contributed by atoms with Gasteiger partial charge in [0.1, 0.15) is 5.82 Å². The Hall–Kier alpha value is -2.30. The second kappa shape index (κ2) is 8.59. The first-order valence-corrected chi connectivity index (χ1v) is 9.48. The molecule has 3 aromatic rings. The average Bonchev–Trinajstić information content (AvgIpc) is 2.66. The minimum Gasteiger partial charge on any atom is -0.385 e. The summed E-state index contributed by atoms with van der Waals surface area (Å²) in [6.07, 6.45) is 6.20. The van der Waals surface area contributed by atoms with E-state index < -0.39 is 5.60 Å². The highest BCUT2D eigenvalue weighted by Crippen LogP contribution is 2.27. The number of pyridine rings is 1. The van der Waals surface area contributed by atoms with E-state index in [1.54, 1.807) is 19.1 Å². The molecule has 2 N–H and O–H groups in total. The summed E-state index contributed by atoms with van der Waals surface area (Å²) in [5.74, 6) is -0.280. The van der Waals surface area contributed by atoms with Crippen molar-refractivity contribution >= 4 is 10.8 Å². The molecule has 3 rings (SSSR count). The van der Waals surface area contributed by atoms with Gasteiger partial charge >= 0.3 is 0 Å². The van der Waals surface area contributed by atoms with Gasteiger partial charge < -0.3 is 10.4 Å². The van der Waals surface area contributed by atoms with Gasteiger partial charge in [-0.2, -0.15) is 0 Å². The summed E-state index contributed by atoms with van der Waals surface area (Å²) in [5, 5.41) is 16.6. The molecule has 1 aromatic heterocycles. The number of aromatic nitrogens is 1. The second-order valence-corrected chi connectivity index (χ2v) is 7.51. The fraction of sp³-hybridized carbons (Fsp3) is 0.348. The van der Waals surface area contributed by atoms with Crippen molar-refractivity contribution in [3.05, 3.63) is 77.9 Å². The first kappa shape index (κ1) is 19.5. The highest BCUT2D eigenvalue weighted by molar-refractivity contribution is 5.81. The van der Waals surface area contributed by atoms with Crippen LogP contribution in [0.2, 0.25) is 0 Å². The standard InChI is InChI=1S/C23H27FN2O/c1-17(4-3-12-23(2,27)21-7-9-22(24)10-8-21)26-15-18-5-6-20-16-25-13-11-19(20)14-18/h5-11,13-14,16-17,26-27H,3-4,12,15H2,1-2H3/t17-,23?/m1/s1. The van der Waals surface area contributed by atoms with Crippen LogP contribution in [-0.2, 0) is 12.1 Å². The molecule has 1 unspecified atom stereocenters. The van der Waals surface area contributed by atoms with Crippen LogP contribution < -0.4 is 5.32 Å². The Morgan fingerprint density at radius 2 is 1.89 bits per heavy atom. The fourth-order valence-electron chi connectivity index (χ4n) is 3.34. The average molecular weight is 366 g/mol. The third kappa shape index (κ3) is 5.34. The molecule has 1 heterocycles. The van der Waals surface area contributed by atoms with Crippen LogP contribution in [0.3, 0.4) is 0 Å². The largest absolute Gasteiger partial charge is 0.385 e.